The largest absolute Gasteiger partial charge is 0.314 e. The van der Waals surface area contributed by atoms with Gasteiger partial charge in [-0.1, -0.05) is 26.7 Å². The molecule has 2 fully saturated rings. The van der Waals surface area contributed by atoms with Gasteiger partial charge in [0.15, 0.2) is 0 Å². The summed E-state index contributed by atoms with van der Waals surface area (Å²) in [5.74, 6) is 1.93. The molecule has 2 rings (SSSR count). The standard InChI is InChI=1S/C16H32N2/c1-3-6-14-9-11-18(12-14)13-15-7-5-8-16(15)17-10-4-2/h14-17H,3-13H2,1-2H3. The average molecular weight is 252 g/mol. The van der Waals surface area contributed by atoms with Gasteiger partial charge in [-0.15, -0.1) is 0 Å². The van der Waals surface area contributed by atoms with E-state index in [0.717, 1.165) is 17.9 Å². The summed E-state index contributed by atoms with van der Waals surface area (Å²) in [4.78, 5) is 2.75. The van der Waals surface area contributed by atoms with E-state index in [9.17, 15) is 0 Å². The van der Waals surface area contributed by atoms with Crippen LogP contribution in [0.5, 0.6) is 0 Å². The molecule has 3 unspecified atom stereocenters. The Bertz CT molecular complexity index is 229. The SMILES string of the molecule is CCCNC1CCCC1CN1CCC(CCC)C1. The molecule has 106 valence electrons. The van der Waals surface area contributed by atoms with Crippen LogP contribution in [0.25, 0.3) is 0 Å². The van der Waals surface area contributed by atoms with Gasteiger partial charge in [-0.05, 0) is 57.0 Å². The molecule has 2 heteroatoms. The Labute approximate surface area is 114 Å². The first-order chi connectivity index (χ1) is 8.83. The normalized spacial score (nSPS) is 33.3. The summed E-state index contributed by atoms with van der Waals surface area (Å²) < 4.78 is 0. The summed E-state index contributed by atoms with van der Waals surface area (Å²) in [5, 5.41) is 3.77. The van der Waals surface area contributed by atoms with Gasteiger partial charge in [0, 0.05) is 19.1 Å². The Balaban J connectivity index is 1.72. The Morgan fingerprint density at radius 1 is 1.11 bits per heavy atom. The minimum Gasteiger partial charge on any atom is -0.314 e. The predicted octanol–water partition coefficient (Wildman–Crippen LogP) is 3.28. The molecule has 0 aromatic rings. The van der Waals surface area contributed by atoms with Gasteiger partial charge in [0.25, 0.3) is 0 Å². The van der Waals surface area contributed by atoms with Crippen LogP contribution in [-0.2, 0) is 0 Å². The number of nitrogens with one attached hydrogen (secondary N) is 1. The van der Waals surface area contributed by atoms with Crippen LogP contribution in [0.3, 0.4) is 0 Å². The van der Waals surface area contributed by atoms with E-state index in [-0.39, 0.29) is 0 Å². The Hall–Kier alpha value is -0.0800. The maximum absolute atomic E-state index is 3.77. The fraction of sp³-hybridized carbons (Fsp3) is 1.00. The fourth-order valence-electron chi connectivity index (χ4n) is 3.91. The third-order valence-corrected chi connectivity index (χ3v) is 4.88. The highest BCUT2D eigenvalue weighted by molar-refractivity contribution is 4.87. The zero-order chi connectivity index (χ0) is 12.8. The summed E-state index contributed by atoms with van der Waals surface area (Å²) in [6.07, 6.45) is 9.84. The lowest BCUT2D eigenvalue weighted by atomic mass is 10.0. The van der Waals surface area contributed by atoms with Gasteiger partial charge in [0.1, 0.15) is 0 Å². The first kappa shape index (κ1) is 14.3. The smallest absolute Gasteiger partial charge is 0.0107 e. The van der Waals surface area contributed by atoms with Crippen molar-refractivity contribution in [3.8, 4) is 0 Å². The highest BCUT2D eigenvalue weighted by Gasteiger charge is 2.30. The molecule has 1 aliphatic carbocycles. The monoisotopic (exact) mass is 252 g/mol. The van der Waals surface area contributed by atoms with E-state index in [4.69, 9.17) is 0 Å². The van der Waals surface area contributed by atoms with Crippen molar-refractivity contribution in [1.82, 2.24) is 10.2 Å². The Morgan fingerprint density at radius 3 is 2.78 bits per heavy atom. The van der Waals surface area contributed by atoms with Crippen molar-refractivity contribution in [3.05, 3.63) is 0 Å². The van der Waals surface area contributed by atoms with Crippen molar-refractivity contribution in [2.45, 2.75) is 64.8 Å². The molecule has 1 N–H and O–H groups in total. The molecular weight excluding hydrogens is 220 g/mol. The molecular formula is C16H32N2. The third kappa shape index (κ3) is 3.96. The minimum absolute atomic E-state index is 0.815. The van der Waals surface area contributed by atoms with Crippen molar-refractivity contribution in [2.75, 3.05) is 26.2 Å². The topological polar surface area (TPSA) is 15.3 Å². The van der Waals surface area contributed by atoms with Crippen LogP contribution in [0.4, 0.5) is 0 Å². The Kier molecular flexibility index (Phi) is 5.97. The lowest BCUT2D eigenvalue weighted by Gasteiger charge is -2.26. The van der Waals surface area contributed by atoms with Gasteiger partial charge in [0.05, 0.1) is 0 Å². The van der Waals surface area contributed by atoms with Crippen LogP contribution in [-0.4, -0.2) is 37.1 Å². The first-order valence-electron chi connectivity index (χ1n) is 8.29. The summed E-state index contributed by atoms with van der Waals surface area (Å²) in [6, 6.07) is 0.815. The van der Waals surface area contributed by atoms with Crippen molar-refractivity contribution in [3.63, 3.8) is 0 Å². The number of hydrogen-bond donors (Lipinski definition) is 1. The van der Waals surface area contributed by atoms with E-state index in [0.29, 0.717) is 0 Å². The number of hydrogen-bond acceptors (Lipinski definition) is 2. The van der Waals surface area contributed by atoms with Gasteiger partial charge >= 0.3 is 0 Å². The quantitative estimate of drug-likeness (QED) is 0.748. The van der Waals surface area contributed by atoms with Gasteiger partial charge in [-0.2, -0.15) is 0 Å². The molecule has 0 aromatic carbocycles. The van der Waals surface area contributed by atoms with Crippen LogP contribution in [0.2, 0.25) is 0 Å². The molecule has 1 saturated carbocycles. The van der Waals surface area contributed by atoms with E-state index in [2.05, 4.69) is 24.1 Å². The summed E-state index contributed by atoms with van der Waals surface area (Å²) in [5.41, 5.74) is 0. The summed E-state index contributed by atoms with van der Waals surface area (Å²) in [6.45, 7) is 9.91. The molecule has 0 radical (unpaired) electrons. The third-order valence-electron chi connectivity index (χ3n) is 4.88. The van der Waals surface area contributed by atoms with Crippen molar-refractivity contribution in [2.24, 2.45) is 11.8 Å². The molecule has 18 heavy (non-hydrogen) atoms. The van der Waals surface area contributed by atoms with Gasteiger partial charge in [-0.3, -0.25) is 0 Å². The molecule has 1 heterocycles. The maximum Gasteiger partial charge on any atom is 0.0107 e. The maximum atomic E-state index is 3.77. The Morgan fingerprint density at radius 2 is 2.00 bits per heavy atom. The molecule has 1 saturated heterocycles. The molecule has 2 nitrogen and oxygen atoms in total. The number of nitrogens with zero attached hydrogens (tertiary/aromatic N) is 1. The molecule has 0 amide bonds. The van der Waals surface area contributed by atoms with Crippen molar-refractivity contribution >= 4 is 0 Å². The fourth-order valence-corrected chi connectivity index (χ4v) is 3.91. The van der Waals surface area contributed by atoms with E-state index < -0.39 is 0 Å². The van der Waals surface area contributed by atoms with Gasteiger partial charge in [-0.25, -0.2) is 0 Å². The van der Waals surface area contributed by atoms with Crippen LogP contribution in [0.15, 0.2) is 0 Å². The minimum atomic E-state index is 0.815. The van der Waals surface area contributed by atoms with E-state index in [1.165, 1.54) is 71.1 Å². The molecule has 0 bridgehead atoms. The zero-order valence-electron chi connectivity index (χ0n) is 12.5. The molecule has 2 aliphatic rings. The van der Waals surface area contributed by atoms with Crippen molar-refractivity contribution < 1.29 is 0 Å². The zero-order valence-corrected chi connectivity index (χ0v) is 12.5. The average Bonchev–Trinajstić information content (AvgIpc) is 2.98. The number of rotatable bonds is 7. The molecule has 0 aromatic heterocycles. The van der Waals surface area contributed by atoms with E-state index in [1.54, 1.807) is 0 Å². The lowest BCUT2D eigenvalue weighted by Crippen LogP contribution is -2.39. The van der Waals surface area contributed by atoms with Crippen LogP contribution in [0, 0.1) is 11.8 Å². The van der Waals surface area contributed by atoms with E-state index >= 15 is 0 Å². The van der Waals surface area contributed by atoms with E-state index in [1.807, 2.05) is 0 Å². The van der Waals surface area contributed by atoms with Crippen LogP contribution < -0.4 is 5.32 Å². The number of likely N-dealkylation sites (tertiary alicyclic amines) is 1. The highest BCUT2D eigenvalue weighted by Crippen LogP contribution is 2.29. The summed E-state index contributed by atoms with van der Waals surface area (Å²) in [7, 11) is 0. The second-order valence-corrected chi connectivity index (χ2v) is 6.45. The summed E-state index contributed by atoms with van der Waals surface area (Å²) >= 11 is 0. The molecule has 0 spiro atoms. The van der Waals surface area contributed by atoms with Crippen molar-refractivity contribution in [1.29, 1.82) is 0 Å². The second kappa shape index (κ2) is 7.49. The van der Waals surface area contributed by atoms with Crippen LogP contribution in [0.1, 0.15) is 58.8 Å². The first-order valence-corrected chi connectivity index (χ1v) is 8.29. The second-order valence-electron chi connectivity index (χ2n) is 6.45. The highest BCUT2D eigenvalue weighted by atomic mass is 15.2. The van der Waals surface area contributed by atoms with Gasteiger partial charge in [0.2, 0.25) is 0 Å². The molecule has 1 aliphatic heterocycles. The van der Waals surface area contributed by atoms with Crippen LogP contribution >= 0.6 is 0 Å². The molecule has 3 atom stereocenters. The lowest BCUT2D eigenvalue weighted by molar-refractivity contribution is 0.243. The van der Waals surface area contributed by atoms with Gasteiger partial charge < -0.3 is 10.2 Å². The predicted molar refractivity (Wildman–Crippen MR) is 78.9 cm³/mol.